The maximum atomic E-state index is 13.1. The number of rotatable bonds is 10. The van der Waals surface area contributed by atoms with E-state index in [2.05, 4.69) is 5.32 Å². The maximum absolute atomic E-state index is 13.1. The molecule has 0 atom stereocenters. The predicted molar refractivity (Wildman–Crippen MR) is 139 cm³/mol. The molecule has 2 heterocycles. The Balaban J connectivity index is 1.86. The third kappa shape index (κ3) is 5.96. The fraction of sp³-hybridized carbons (Fsp3) is 0.480. The second-order valence-corrected chi connectivity index (χ2v) is 11.5. The smallest absolute Gasteiger partial charge is 0.341 e. The summed E-state index contributed by atoms with van der Waals surface area (Å²) in [5.41, 5.74) is 1.38. The molecular formula is C25H33N3O6S2. The molecule has 0 aliphatic carbocycles. The van der Waals surface area contributed by atoms with E-state index in [1.54, 1.807) is 11.8 Å². The van der Waals surface area contributed by atoms with Crippen LogP contribution in [0.1, 0.15) is 71.7 Å². The van der Waals surface area contributed by atoms with Crippen LogP contribution < -0.4 is 5.32 Å². The molecule has 1 N–H and O–H groups in total. The first kappa shape index (κ1) is 27.8. The zero-order valence-corrected chi connectivity index (χ0v) is 22.8. The number of esters is 1. The van der Waals surface area contributed by atoms with Gasteiger partial charge >= 0.3 is 5.97 Å². The van der Waals surface area contributed by atoms with Crippen molar-refractivity contribution in [1.29, 1.82) is 0 Å². The van der Waals surface area contributed by atoms with E-state index >= 15 is 0 Å². The molecule has 0 unspecified atom stereocenters. The van der Waals surface area contributed by atoms with Crippen molar-refractivity contribution in [3.05, 3.63) is 45.8 Å². The number of nitrogens with zero attached hydrogens (tertiary/aromatic N) is 2. The molecule has 1 aliphatic heterocycles. The highest BCUT2D eigenvalue weighted by molar-refractivity contribution is 7.89. The number of benzene rings is 1. The fourth-order valence-corrected chi connectivity index (χ4v) is 7.00. The zero-order valence-electron chi connectivity index (χ0n) is 21.1. The third-order valence-corrected chi connectivity index (χ3v) is 8.95. The highest BCUT2D eigenvalue weighted by Crippen LogP contribution is 2.38. The first-order valence-electron chi connectivity index (χ1n) is 12.1. The lowest BCUT2D eigenvalue weighted by Gasteiger charge is -2.25. The van der Waals surface area contributed by atoms with Gasteiger partial charge in [0, 0.05) is 37.0 Å². The molecule has 0 saturated carbocycles. The van der Waals surface area contributed by atoms with Crippen LogP contribution in [-0.4, -0.2) is 61.6 Å². The van der Waals surface area contributed by atoms with Gasteiger partial charge in [-0.1, -0.05) is 13.8 Å². The molecule has 0 fully saturated rings. The molecule has 3 rings (SSSR count). The Bertz CT molecular complexity index is 1220. The lowest BCUT2D eigenvalue weighted by molar-refractivity contribution is -0.129. The van der Waals surface area contributed by atoms with Crippen LogP contribution in [0.25, 0.3) is 0 Å². The normalized spacial score (nSPS) is 13.4. The molecule has 0 saturated heterocycles. The number of hydrogen-bond acceptors (Lipinski definition) is 7. The van der Waals surface area contributed by atoms with Gasteiger partial charge in [-0.05, 0) is 56.0 Å². The number of nitrogens with one attached hydrogen (secondary N) is 1. The zero-order chi connectivity index (χ0) is 26.5. The monoisotopic (exact) mass is 535 g/mol. The van der Waals surface area contributed by atoms with Crippen LogP contribution in [0.4, 0.5) is 5.00 Å². The molecule has 9 nitrogen and oxygen atoms in total. The highest BCUT2D eigenvalue weighted by atomic mass is 32.2. The lowest BCUT2D eigenvalue weighted by Crippen LogP contribution is -2.34. The summed E-state index contributed by atoms with van der Waals surface area (Å²) in [6.45, 7) is 8.98. The minimum absolute atomic E-state index is 0.0520. The Morgan fingerprint density at radius 3 is 2.28 bits per heavy atom. The van der Waals surface area contributed by atoms with Gasteiger partial charge in [0.05, 0.1) is 23.6 Å². The number of fused-ring (bicyclic) bond motifs is 1. The van der Waals surface area contributed by atoms with Crippen molar-refractivity contribution in [1.82, 2.24) is 9.21 Å². The second kappa shape index (κ2) is 12.0. The first-order chi connectivity index (χ1) is 17.1. The summed E-state index contributed by atoms with van der Waals surface area (Å²) in [5.74, 6) is -1.04. The van der Waals surface area contributed by atoms with E-state index in [0.29, 0.717) is 56.0 Å². The molecular weight excluding hydrogens is 502 g/mol. The van der Waals surface area contributed by atoms with Crippen molar-refractivity contribution in [3.63, 3.8) is 0 Å². The minimum atomic E-state index is -3.66. The van der Waals surface area contributed by atoms with Crippen LogP contribution >= 0.6 is 11.3 Å². The topological polar surface area (TPSA) is 113 Å². The van der Waals surface area contributed by atoms with Crippen molar-refractivity contribution in [2.75, 3.05) is 31.6 Å². The average molecular weight is 536 g/mol. The van der Waals surface area contributed by atoms with Gasteiger partial charge in [-0.2, -0.15) is 4.31 Å². The van der Waals surface area contributed by atoms with Crippen molar-refractivity contribution in [3.8, 4) is 0 Å². The quantitative estimate of drug-likeness (QED) is 0.462. The van der Waals surface area contributed by atoms with E-state index < -0.39 is 21.9 Å². The van der Waals surface area contributed by atoms with Gasteiger partial charge in [-0.3, -0.25) is 9.59 Å². The molecule has 11 heteroatoms. The summed E-state index contributed by atoms with van der Waals surface area (Å²) in [4.78, 5) is 40.3. The number of amides is 2. The van der Waals surface area contributed by atoms with Gasteiger partial charge in [-0.25, -0.2) is 13.2 Å². The summed E-state index contributed by atoms with van der Waals surface area (Å²) < 4.78 is 32.7. The van der Waals surface area contributed by atoms with Gasteiger partial charge in [0.1, 0.15) is 5.00 Å². The van der Waals surface area contributed by atoms with Gasteiger partial charge in [-0.15, -0.1) is 11.3 Å². The fourth-order valence-electron chi connectivity index (χ4n) is 4.13. The van der Waals surface area contributed by atoms with Crippen LogP contribution in [0.2, 0.25) is 0 Å². The van der Waals surface area contributed by atoms with E-state index in [1.807, 2.05) is 13.8 Å². The van der Waals surface area contributed by atoms with Crippen LogP contribution in [0, 0.1) is 0 Å². The van der Waals surface area contributed by atoms with Crippen molar-refractivity contribution >= 4 is 44.1 Å². The predicted octanol–water partition coefficient (Wildman–Crippen LogP) is 3.89. The first-order valence-corrected chi connectivity index (χ1v) is 14.4. The standard InChI is InChI=1S/C25H33N3O6S2/c1-5-13-28(14-6-2)36(32,33)19-10-8-18(9-11-19)23(30)26-24-22(25(31)34-7-3)20-12-15-27(17(4)29)16-21(20)35-24/h8-11H,5-7,12-16H2,1-4H3,(H,26,30). The van der Waals surface area contributed by atoms with Gasteiger partial charge in [0.25, 0.3) is 5.91 Å². The van der Waals surface area contributed by atoms with Crippen molar-refractivity contribution in [2.24, 2.45) is 0 Å². The van der Waals surface area contributed by atoms with Crippen molar-refractivity contribution in [2.45, 2.75) is 58.4 Å². The molecule has 0 spiro atoms. The summed E-state index contributed by atoms with van der Waals surface area (Å²) in [5, 5.41) is 3.17. The largest absolute Gasteiger partial charge is 0.462 e. The summed E-state index contributed by atoms with van der Waals surface area (Å²) >= 11 is 1.25. The van der Waals surface area contributed by atoms with E-state index in [1.165, 1.54) is 46.8 Å². The Hall–Kier alpha value is -2.76. The van der Waals surface area contributed by atoms with Crippen LogP contribution in [0.15, 0.2) is 29.2 Å². The summed E-state index contributed by atoms with van der Waals surface area (Å²) in [7, 11) is -3.66. The van der Waals surface area contributed by atoms with E-state index in [9.17, 15) is 22.8 Å². The molecule has 1 aromatic carbocycles. The molecule has 0 radical (unpaired) electrons. The average Bonchev–Trinajstić information content (AvgIpc) is 3.21. The van der Waals surface area contributed by atoms with Crippen LogP contribution in [0.5, 0.6) is 0 Å². The molecule has 1 aromatic heterocycles. The number of carbonyl (C=O) groups excluding carboxylic acids is 3. The Labute approximate surface area is 216 Å². The maximum Gasteiger partial charge on any atom is 0.341 e. The Kier molecular flexibility index (Phi) is 9.26. The number of sulfonamides is 1. The second-order valence-electron chi connectivity index (χ2n) is 8.50. The number of hydrogen-bond donors (Lipinski definition) is 1. The van der Waals surface area contributed by atoms with Gasteiger partial charge in [0.15, 0.2) is 0 Å². The number of ether oxygens (including phenoxy) is 1. The minimum Gasteiger partial charge on any atom is -0.462 e. The number of carbonyl (C=O) groups is 3. The molecule has 196 valence electrons. The van der Waals surface area contributed by atoms with Crippen molar-refractivity contribution < 1.29 is 27.5 Å². The molecule has 0 bridgehead atoms. The van der Waals surface area contributed by atoms with E-state index in [-0.39, 0.29) is 23.0 Å². The SMILES string of the molecule is CCCN(CCC)S(=O)(=O)c1ccc(C(=O)Nc2sc3c(c2C(=O)OCC)CCN(C(C)=O)C3)cc1. The van der Waals surface area contributed by atoms with Crippen LogP contribution in [-0.2, 0) is 32.5 Å². The van der Waals surface area contributed by atoms with Gasteiger partial charge in [0.2, 0.25) is 15.9 Å². The third-order valence-electron chi connectivity index (χ3n) is 5.91. The van der Waals surface area contributed by atoms with Gasteiger partial charge < -0.3 is 15.0 Å². The number of anilines is 1. The van der Waals surface area contributed by atoms with E-state index in [4.69, 9.17) is 4.74 Å². The summed E-state index contributed by atoms with van der Waals surface area (Å²) in [6.07, 6.45) is 1.91. The number of thiophene rings is 1. The van der Waals surface area contributed by atoms with E-state index in [0.717, 1.165) is 10.4 Å². The molecule has 2 aromatic rings. The Morgan fingerprint density at radius 2 is 1.72 bits per heavy atom. The highest BCUT2D eigenvalue weighted by Gasteiger charge is 2.30. The van der Waals surface area contributed by atoms with Crippen LogP contribution in [0.3, 0.4) is 0 Å². The Morgan fingerprint density at radius 1 is 1.08 bits per heavy atom. The lowest BCUT2D eigenvalue weighted by atomic mass is 10.0. The molecule has 1 aliphatic rings. The molecule has 2 amide bonds. The molecule has 36 heavy (non-hydrogen) atoms. The summed E-state index contributed by atoms with van der Waals surface area (Å²) in [6, 6.07) is 5.79.